The number of amides is 2. The third kappa shape index (κ3) is 9.16. The first-order valence-electron chi connectivity index (χ1n) is 9.25. The second kappa shape index (κ2) is 13.3. The molecule has 2 amide bonds. The molecule has 0 unspecified atom stereocenters. The molecule has 0 saturated heterocycles. The van der Waals surface area contributed by atoms with Crippen molar-refractivity contribution in [3.05, 3.63) is 42.2 Å². The van der Waals surface area contributed by atoms with Crippen LogP contribution in [0.1, 0.15) is 25.5 Å². The number of pyridine rings is 1. The molecule has 8 heteroatoms. The third-order valence-electron chi connectivity index (χ3n) is 3.95. The Kier molecular flexibility index (Phi) is 11.0. The SMILES string of the molecule is CC/C=C\C(CCN(C)C(=O)OCOC(=O)N(C)CCc1ccccn1)=NC. The van der Waals surface area contributed by atoms with Crippen molar-refractivity contribution in [1.29, 1.82) is 0 Å². The van der Waals surface area contributed by atoms with Crippen molar-refractivity contribution < 1.29 is 19.1 Å². The van der Waals surface area contributed by atoms with Gasteiger partial charge in [-0.3, -0.25) is 9.98 Å². The number of ether oxygens (including phenoxy) is 2. The highest BCUT2D eigenvalue weighted by molar-refractivity contribution is 5.95. The van der Waals surface area contributed by atoms with Crippen LogP contribution in [0.3, 0.4) is 0 Å². The van der Waals surface area contributed by atoms with Gasteiger partial charge in [0.05, 0.1) is 0 Å². The van der Waals surface area contributed by atoms with Gasteiger partial charge < -0.3 is 19.3 Å². The normalized spacial score (nSPS) is 11.4. The van der Waals surface area contributed by atoms with E-state index in [-0.39, 0.29) is 0 Å². The zero-order valence-electron chi connectivity index (χ0n) is 17.1. The Hall–Kier alpha value is -2.90. The highest BCUT2D eigenvalue weighted by Gasteiger charge is 2.14. The second-order valence-electron chi connectivity index (χ2n) is 6.13. The zero-order chi connectivity index (χ0) is 20.8. The summed E-state index contributed by atoms with van der Waals surface area (Å²) in [6.45, 7) is 2.52. The minimum Gasteiger partial charge on any atom is -0.412 e. The number of nitrogens with zero attached hydrogens (tertiary/aromatic N) is 4. The van der Waals surface area contributed by atoms with Gasteiger partial charge in [0.25, 0.3) is 0 Å². The molecule has 0 saturated carbocycles. The Balaban J connectivity index is 2.26. The molecule has 0 radical (unpaired) electrons. The molecule has 0 bridgehead atoms. The van der Waals surface area contributed by atoms with E-state index in [0.717, 1.165) is 17.8 Å². The van der Waals surface area contributed by atoms with Crippen LogP contribution in [0.25, 0.3) is 0 Å². The fourth-order valence-electron chi connectivity index (χ4n) is 2.17. The van der Waals surface area contributed by atoms with E-state index in [4.69, 9.17) is 9.47 Å². The number of hydrogen-bond donors (Lipinski definition) is 0. The van der Waals surface area contributed by atoms with Gasteiger partial charge in [-0.1, -0.05) is 19.1 Å². The van der Waals surface area contributed by atoms with E-state index in [1.807, 2.05) is 37.3 Å². The predicted molar refractivity (Wildman–Crippen MR) is 108 cm³/mol. The zero-order valence-corrected chi connectivity index (χ0v) is 17.1. The lowest BCUT2D eigenvalue weighted by Crippen LogP contribution is -2.33. The van der Waals surface area contributed by atoms with Crippen LogP contribution in [0.5, 0.6) is 0 Å². The Labute approximate surface area is 166 Å². The summed E-state index contributed by atoms with van der Waals surface area (Å²) in [6, 6.07) is 5.63. The van der Waals surface area contributed by atoms with Crippen LogP contribution in [-0.4, -0.2) is 73.7 Å². The van der Waals surface area contributed by atoms with Crippen LogP contribution in [0.2, 0.25) is 0 Å². The van der Waals surface area contributed by atoms with Gasteiger partial charge in [-0.05, 0) is 24.6 Å². The van der Waals surface area contributed by atoms with Crippen molar-refractivity contribution in [2.45, 2.75) is 26.2 Å². The van der Waals surface area contributed by atoms with Gasteiger partial charge in [-0.2, -0.15) is 0 Å². The highest BCUT2D eigenvalue weighted by atomic mass is 16.7. The van der Waals surface area contributed by atoms with Crippen molar-refractivity contribution >= 4 is 17.9 Å². The summed E-state index contributed by atoms with van der Waals surface area (Å²) in [6.07, 6.45) is 6.72. The first kappa shape index (κ1) is 23.1. The fourth-order valence-corrected chi connectivity index (χ4v) is 2.17. The molecular weight excluding hydrogens is 360 g/mol. The molecule has 154 valence electrons. The molecule has 0 spiro atoms. The van der Waals surface area contributed by atoms with Crippen LogP contribution in [0.15, 0.2) is 41.5 Å². The van der Waals surface area contributed by atoms with Gasteiger partial charge in [-0.15, -0.1) is 0 Å². The average Bonchev–Trinajstić information content (AvgIpc) is 2.72. The number of rotatable bonds is 10. The number of allylic oxidation sites excluding steroid dienone is 2. The molecule has 0 N–H and O–H groups in total. The van der Waals surface area contributed by atoms with E-state index in [1.165, 1.54) is 9.80 Å². The molecule has 1 aromatic rings. The van der Waals surface area contributed by atoms with E-state index < -0.39 is 19.0 Å². The number of hydrogen-bond acceptors (Lipinski definition) is 6. The lowest BCUT2D eigenvalue weighted by molar-refractivity contribution is -0.000144. The van der Waals surface area contributed by atoms with Crippen molar-refractivity contribution in [1.82, 2.24) is 14.8 Å². The number of carbonyl (C=O) groups is 2. The maximum Gasteiger partial charge on any atom is 0.412 e. The van der Waals surface area contributed by atoms with Gasteiger partial charge in [0, 0.05) is 64.7 Å². The van der Waals surface area contributed by atoms with Crippen molar-refractivity contribution in [3.63, 3.8) is 0 Å². The van der Waals surface area contributed by atoms with Crippen LogP contribution in [0, 0.1) is 0 Å². The minimum absolute atomic E-state index is 0.430. The van der Waals surface area contributed by atoms with Gasteiger partial charge in [-0.25, -0.2) is 9.59 Å². The molecule has 28 heavy (non-hydrogen) atoms. The Morgan fingerprint density at radius 2 is 1.82 bits per heavy atom. The molecule has 8 nitrogen and oxygen atoms in total. The molecule has 0 atom stereocenters. The molecule has 0 aliphatic carbocycles. The molecule has 1 heterocycles. The summed E-state index contributed by atoms with van der Waals surface area (Å²) in [5.74, 6) is 0. The van der Waals surface area contributed by atoms with E-state index in [1.54, 1.807) is 27.3 Å². The molecule has 0 aliphatic rings. The number of aromatic nitrogens is 1. The monoisotopic (exact) mass is 390 g/mol. The lowest BCUT2D eigenvalue weighted by atomic mass is 10.2. The quantitative estimate of drug-likeness (QED) is 0.453. The summed E-state index contributed by atoms with van der Waals surface area (Å²) in [4.78, 5) is 35.1. The molecule has 0 fully saturated rings. The summed E-state index contributed by atoms with van der Waals surface area (Å²) in [5.41, 5.74) is 1.79. The van der Waals surface area contributed by atoms with Gasteiger partial charge in [0.15, 0.2) is 0 Å². The smallest absolute Gasteiger partial charge is 0.412 e. The van der Waals surface area contributed by atoms with Gasteiger partial charge in [0.2, 0.25) is 6.79 Å². The third-order valence-corrected chi connectivity index (χ3v) is 3.95. The maximum absolute atomic E-state index is 12.0. The fraction of sp³-hybridized carbons (Fsp3) is 0.500. The summed E-state index contributed by atoms with van der Waals surface area (Å²) < 4.78 is 9.96. The van der Waals surface area contributed by atoms with E-state index in [9.17, 15) is 9.59 Å². The van der Waals surface area contributed by atoms with Crippen LogP contribution < -0.4 is 0 Å². The molecule has 0 aromatic carbocycles. The Morgan fingerprint density at radius 3 is 2.39 bits per heavy atom. The average molecular weight is 390 g/mol. The van der Waals surface area contributed by atoms with Crippen LogP contribution in [-0.2, 0) is 15.9 Å². The van der Waals surface area contributed by atoms with Crippen molar-refractivity contribution in [3.8, 4) is 0 Å². The Morgan fingerprint density at radius 1 is 1.14 bits per heavy atom. The Bertz CT molecular complexity index is 661. The van der Waals surface area contributed by atoms with Crippen LogP contribution in [0.4, 0.5) is 9.59 Å². The highest BCUT2D eigenvalue weighted by Crippen LogP contribution is 2.00. The molecular formula is C20H30N4O4. The maximum atomic E-state index is 12.0. The summed E-state index contributed by atoms with van der Waals surface area (Å²) >= 11 is 0. The van der Waals surface area contributed by atoms with Gasteiger partial charge in [0.1, 0.15) is 0 Å². The minimum atomic E-state index is -0.559. The standard InChI is InChI=1S/C20H30N4O4/c1-5-6-9-17(21-2)11-14-23(3)19(25)27-16-28-20(26)24(4)15-12-18-10-7-8-13-22-18/h6-10,13H,5,11-12,14-16H2,1-4H3/b9-6-,21-17?. The predicted octanol–water partition coefficient (Wildman–Crippen LogP) is 3.15. The molecule has 0 aliphatic heterocycles. The van der Waals surface area contributed by atoms with E-state index in [2.05, 4.69) is 9.98 Å². The first-order valence-corrected chi connectivity index (χ1v) is 9.25. The molecule has 1 aromatic heterocycles. The number of carbonyl (C=O) groups excluding carboxylic acids is 2. The largest absolute Gasteiger partial charge is 0.412 e. The number of aliphatic imine (C=N–C) groups is 1. The van der Waals surface area contributed by atoms with Crippen molar-refractivity contribution in [2.24, 2.45) is 4.99 Å². The molecule has 1 rings (SSSR count). The van der Waals surface area contributed by atoms with E-state index >= 15 is 0 Å². The first-order chi connectivity index (χ1) is 13.5. The van der Waals surface area contributed by atoms with Crippen LogP contribution >= 0.6 is 0 Å². The lowest BCUT2D eigenvalue weighted by Gasteiger charge is -2.19. The van der Waals surface area contributed by atoms with Gasteiger partial charge >= 0.3 is 12.2 Å². The number of likely N-dealkylation sites (N-methyl/N-ethyl adjacent to an activating group) is 1. The topological polar surface area (TPSA) is 84.3 Å². The van der Waals surface area contributed by atoms with Crippen molar-refractivity contribution in [2.75, 3.05) is 41.0 Å². The summed E-state index contributed by atoms with van der Waals surface area (Å²) in [5, 5.41) is 0. The summed E-state index contributed by atoms with van der Waals surface area (Å²) in [7, 11) is 4.96. The second-order valence-corrected chi connectivity index (χ2v) is 6.13. The van der Waals surface area contributed by atoms with E-state index in [0.29, 0.717) is 25.9 Å².